The molecule has 0 unspecified atom stereocenters. The molecule has 0 saturated heterocycles. The smallest absolute Gasteiger partial charge is 0.221 e. The number of aryl methyl sites for hydroxylation is 1. The highest BCUT2D eigenvalue weighted by Crippen LogP contribution is 2.20. The highest BCUT2D eigenvalue weighted by Gasteiger charge is 2.07. The van der Waals surface area contributed by atoms with Crippen molar-refractivity contribution in [2.75, 3.05) is 5.73 Å². The lowest BCUT2D eigenvalue weighted by atomic mass is 10.2. The molecule has 134 valence electrons. The van der Waals surface area contributed by atoms with E-state index in [1.807, 2.05) is 0 Å². The third-order valence-electron chi connectivity index (χ3n) is 3.50. The summed E-state index contributed by atoms with van der Waals surface area (Å²) in [5, 5.41) is 4.10. The zero-order chi connectivity index (χ0) is 18.7. The van der Waals surface area contributed by atoms with Crippen molar-refractivity contribution in [2.45, 2.75) is 13.5 Å². The molecule has 1 aromatic heterocycles. The molecule has 3 rings (SSSR count). The van der Waals surface area contributed by atoms with Crippen LogP contribution in [0, 0.1) is 24.4 Å². The van der Waals surface area contributed by atoms with Crippen LogP contribution in [0.25, 0.3) is 0 Å². The van der Waals surface area contributed by atoms with Gasteiger partial charge in [-0.15, -0.1) is 0 Å². The van der Waals surface area contributed by atoms with Gasteiger partial charge in [0, 0.05) is 0 Å². The molecule has 2 N–H and O–H groups in total. The molecule has 0 bridgehead atoms. The van der Waals surface area contributed by atoms with Gasteiger partial charge in [0.2, 0.25) is 5.95 Å². The normalized spacial score (nSPS) is 11.2. The summed E-state index contributed by atoms with van der Waals surface area (Å²) in [6, 6.07) is 7.64. The van der Waals surface area contributed by atoms with E-state index in [0.29, 0.717) is 16.8 Å². The zero-order valence-electron chi connectivity index (χ0n) is 13.8. The molecule has 0 atom stereocenters. The van der Waals surface area contributed by atoms with Crippen LogP contribution in [0.1, 0.15) is 16.8 Å². The largest absolute Gasteiger partial charge is 0.486 e. The molecule has 0 saturated carbocycles. The molecule has 0 fully saturated rings. The Morgan fingerprint density at radius 1 is 1.12 bits per heavy atom. The number of aromatic nitrogens is 2. The van der Waals surface area contributed by atoms with Crippen molar-refractivity contribution >= 4 is 12.2 Å². The Hall–Kier alpha value is -3.29. The molecular weight excluding hydrogens is 345 g/mol. The third-order valence-corrected chi connectivity index (χ3v) is 3.50. The van der Waals surface area contributed by atoms with Gasteiger partial charge in [0.15, 0.2) is 23.2 Å². The first kappa shape index (κ1) is 17.5. The fourth-order valence-corrected chi connectivity index (χ4v) is 2.23. The minimum Gasteiger partial charge on any atom is -0.486 e. The summed E-state index contributed by atoms with van der Waals surface area (Å²) in [5.41, 5.74) is 7.27. The van der Waals surface area contributed by atoms with Gasteiger partial charge in [0.05, 0.1) is 18.1 Å². The first-order chi connectivity index (χ1) is 12.4. The summed E-state index contributed by atoms with van der Waals surface area (Å²) in [4.78, 5) is 4.00. The molecule has 8 heteroatoms. The lowest BCUT2D eigenvalue weighted by Crippen LogP contribution is -2.00. The van der Waals surface area contributed by atoms with Crippen LogP contribution in [0.2, 0.25) is 0 Å². The van der Waals surface area contributed by atoms with Gasteiger partial charge in [0.1, 0.15) is 6.61 Å². The summed E-state index contributed by atoms with van der Waals surface area (Å²) in [7, 11) is 0. The molecule has 1 heterocycles. The van der Waals surface area contributed by atoms with E-state index in [1.165, 1.54) is 29.1 Å². The van der Waals surface area contributed by atoms with Crippen molar-refractivity contribution in [1.82, 2.24) is 9.66 Å². The molecule has 3 aromatic rings. The maximum atomic E-state index is 14.1. The van der Waals surface area contributed by atoms with E-state index >= 15 is 0 Å². The van der Waals surface area contributed by atoms with Gasteiger partial charge in [-0.25, -0.2) is 22.8 Å². The van der Waals surface area contributed by atoms with Crippen LogP contribution in [0.3, 0.4) is 0 Å². The SMILES string of the molecule is Cc1cn(N=Cc2ccc(OCc3ccc(F)c(F)c3)c(F)c2)c(N)n1. The number of hydrogen-bond acceptors (Lipinski definition) is 4. The van der Waals surface area contributed by atoms with E-state index in [1.54, 1.807) is 19.2 Å². The van der Waals surface area contributed by atoms with Crippen LogP contribution < -0.4 is 10.5 Å². The van der Waals surface area contributed by atoms with E-state index in [0.717, 1.165) is 12.1 Å². The maximum Gasteiger partial charge on any atom is 0.221 e. The van der Waals surface area contributed by atoms with Crippen LogP contribution >= 0.6 is 0 Å². The number of ether oxygens (including phenoxy) is 1. The second-order valence-corrected chi connectivity index (χ2v) is 5.56. The minimum absolute atomic E-state index is 0.00938. The quantitative estimate of drug-likeness (QED) is 0.707. The summed E-state index contributed by atoms with van der Waals surface area (Å²) in [5.74, 6) is -2.31. The molecule has 0 aliphatic carbocycles. The molecule has 26 heavy (non-hydrogen) atoms. The van der Waals surface area contributed by atoms with Gasteiger partial charge in [-0.05, 0) is 48.4 Å². The predicted octanol–water partition coefficient (Wildman–Crippen LogP) is 3.65. The second-order valence-electron chi connectivity index (χ2n) is 5.56. The monoisotopic (exact) mass is 360 g/mol. The number of anilines is 1. The van der Waals surface area contributed by atoms with Crippen LogP contribution in [0.4, 0.5) is 19.1 Å². The third kappa shape index (κ3) is 4.02. The fourth-order valence-electron chi connectivity index (χ4n) is 2.23. The molecular formula is C18H15F3N4O. The second kappa shape index (κ2) is 7.30. The number of imidazole rings is 1. The van der Waals surface area contributed by atoms with Crippen molar-refractivity contribution in [3.63, 3.8) is 0 Å². The lowest BCUT2D eigenvalue weighted by Gasteiger charge is -2.08. The molecule has 0 amide bonds. The highest BCUT2D eigenvalue weighted by molar-refractivity contribution is 5.79. The summed E-state index contributed by atoms with van der Waals surface area (Å²) < 4.78 is 46.9. The number of nitrogen functional groups attached to an aromatic ring is 1. The molecule has 0 radical (unpaired) electrons. The van der Waals surface area contributed by atoms with Gasteiger partial charge in [-0.1, -0.05) is 6.07 Å². The number of rotatable bonds is 5. The number of halogens is 3. The van der Waals surface area contributed by atoms with Gasteiger partial charge < -0.3 is 10.5 Å². The highest BCUT2D eigenvalue weighted by atomic mass is 19.2. The summed E-state index contributed by atoms with van der Waals surface area (Å²) in [6.45, 7) is 1.69. The van der Waals surface area contributed by atoms with E-state index < -0.39 is 17.5 Å². The molecule has 0 aliphatic heterocycles. The van der Waals surface area contributed by atoms with Crippen LogP contribution in [0.15, 0.2) is 47.7 Å². The molecule has 5 nitrogen and oxygen atoms in total. The van der Waals surface area contributed by atoms with Crippen molar-refractivity contribution in [3.05, 3.63) is 76.9 Å². The number of nitrogens with two attached hydrogens (primary N) is 1. The topological polar surface area (TPSA) is 65.4 Å². The van der Waals surface area contributed by atoms with Gasteiger partial charge in [0.25, 0.3) is 0 Å². The van der Waals surface area contributed by atoms with E-state index in [2.05, 4.69) is 10.1 Å². The lowest BCUT2D eigenvalue weighted by molar-refractivity contribution is 0.289. The zero-order valence-corrected chi connectivity index (χ0v) is 13.8. The predicted molar refractivity (Wildman–Crippen MR) is 91.5 cm³/mol. The van der Waals surface area contributed by atoms with Gasteiger partial charge >= 0.3 is 0 Å². The van der Waals surface area contributed by atoms with Crippen LogP contribution in [0.5, 0.6) is 5.75 Å². The Balaban J connectivity index is 1.69. The molecule has 2 aromatic carbocycles. The van der Waals surface area contributed by atoms with Crippen LogP contribution in [-0.4, -0.2) is 15.9 Å². The van der Waals surface area contributed by atoms with Crippen molar-refractivity contribution in [3.8, 4) is 5.75 Å². The molecule has 0 spiro atoms. The van der Waals surface area contributed by atoms with E-state index in [4.69, 9.17) is 10.5 Å². The first-order valence-electron chi connectivity index (χ1n) is 7.64. The van der Waals surface area contributed by atoms with Crippen LogP contribution in [-0.2, 0) is 6.61 Å². The average Bonchev–Trinajstić information content (AvgIpc) is 2.92. The van der Waals surface area contributed by atoms with Gasteiger partial charge in [-0.3, -0.25) is 0 Å². The van der Waals surface area contributed by atoms with Crippen molar-refractivity contribution < 1.29 is 17.9 Å². The van der Waals surface area contributed by atoms with Crippen molar-refractivity contribution in [1.29, 1.82) is 0 Å². The Bertz CT molecular complexity index is 969. The maximum absolute atomic E-state index is 14.1. The number of nitrogens with zero attached hydrogens (tertiary/aromatic N) is 3. The Morgan fingerprint density at radius 3 is 2.58 bits per heavy atom. The number of benzene rings is 2. The summed E-state index contributed by atoms with van der Waals surface area (Å²) in [6.07, 6.45) is 3.07. The minimum atomic E-state index is -0.979. The Kier molecular flexibility index (Phi) is 4.92. The van der Waals surface area contributed by atoms with Crippen molar-refractivity contribution in [2.24, 2.45) is 5.10 Å². The van der Waals surface area contributed by atoms with E-state index in [-0.39, 0.29) is 18.3 Å². The van der Waals surface area contributed by atoms with E-state index in [9.17, 15) is 13.2 Å². The first-order valence-corrected chi connectivity index (χ1v) is 7.64. The standard InChI is InChI=1S/C18H15F3N4O/c1-11-9-25(18(22)24-11)23-8-12-3-5-17(16(21)6-12)26-10-13-2-4-14(19)15(20)7-13/h2-9H,10H2,1H3,(H2,22,24). The summed E-state index contributed by atoms with van der Waals surface area (Å²) >= 11 is 0. The Labute approximate surface area is 147 Å². The molecule has 0 aliphatic rings. The average molecular weight is 360 g/mol. The van der Waals surface area contributed by atoms with Gasteiger partial charge in [-0.2, -0.15) is 5.10 Å². The Morgan fingerprint density at radius 2 is 1.92 bits per heavy atom. The fraction of sp³-hybridized carbons (Fsp3) is 0.111. The number of hydrogen-bond donors (Lipinski definition) is 1.